The van der Waals surface area contributed by atoms with Crippen LogP contribution in [0.4, 0.5) is 5.69 Å². The van der Waals surface area contributed by atoms with Crippen molar-refractivity contribution >= 4 is 44.7 Å². The number of carbonyl (C=O) groups excluding carboxylic acids is 1. The molecule has 0 aromatic heterocycles. The summed E-state index contributed by atoms with van der Waals surface area (Å²) in [5, 5.41) is 7.30. The number of carbonyl (C=O) groups is 1. The maximum Gasteiger partial charge on any atom is 0.239 e. The first-order valence-corrected chi connectivity index (χ1v) is 6.59. The van der Waals surface area contributed by atoms with Crippen LogP contribution in [-0.4, -0.2) is 11.8 Å². The lowest BCUT2D eigenvalue weighted by Gasteiger charge is -2.11. The molecular weight excluding hydrogens is 258 g/mol. The highest BCUT2D eigenvalue weighted by atomic mass is 35.5. The molecule has 0 saturated heterocycles. The molecule has 19 heavy (non-hydrogen) atoms. The molecular formula is C16H12ClNO. The molecule has 0 spiro atoms. The van der Waals surface area contributed by atoms with Gasteiger partial charge in [-0.25, -0.2) is 0 Å². The topological polar surface area (TPSA) is 29.1 Å². The highest BCUT2D eigenvalue weighted by molar-refractivity contribution is 6.29. The highest BCUT2D eigenvalue weighted by Crippen LogP contribution is 2.31. The number of alkyl halides is 1. The van der Waals surface area contributed by atoms with E-state index in [0.717, 1.165) is 21.8 Å². The Labute approximate surface area is 116 Å². The van der Waals surface area contributed by atoms with Crippen molar-refractivity contribution in [3.63, 3.8) is 0 Å². The summed E-state index contributed by atoms with van der Waals surface area (Å²) in [7, 11) is 0. The van der Waals surface area contributed by atoms with Gasteiger partial charge in [0.25, 0.3) is 0 Å². The van der Waals surface area contributed by atoms with E-state index < -0.39 is 0 Å². The van der Waals surface area contributed by atoms with E-state index in [1.807, 2.05) is 42.5 Å². The van der Waals surface area contributed by atoms with E-state index >= 15 is 0 Å². The van der Waals surface area contributed by atoms with Crippen LogP contribution >= 0.6 is 11.6 Å². The second kappa shape index (κ2) is 4.90. The maximum atomic E-state index is 11.5. The number of hydrogen-bond acceptors (Lipinski definition) is 1. The van der Waals surface area contributed by atoms with Gasteiger partial charge in [-0.05, 0) is 22.2 Å². The zero-order valence-corrected chi connectivity index (χ0v) is 10.9. The first-order chi connectivity index (χ1) is 9.29. The number of halogens is 1. The first kappa shape index (κ1) is 12.0. The minimum atomic E-state index is -0.192. The summed E-state index contributed by atoms with van der Waals surface area (Å²) in [6.45, 7) is 0. The van der Waals surface area contributed by atoms with Crippen LogP contribution < -0.4 is 5.32 Å². The molecule has 3 aromatic rings. The van der Waals surface area contributed by atoms with Gasteiger partial charge in [0.1, 0.15) is 5.88 Å². The number of fused-ring (bicyclic) bond motifs is 3. The van der Waals surface area contributed by atoms with Crippen molar-refractivity contribution < 1.29 is 4.79 Å². The van der Waals surface area contributed by atoms with Crippen molar-refractivity contribution in [1.29, 1.82) is 0 Å². The lowest BCUT2D eigenvalue weighted by atomic mass is 10.0. The number of hydrogen-bond donors (Lipinski definition) is 1. The fraction of sp³-hybridized carbons (Fsp3) is 0.0625. The highest BCUT2D eigenvalue weighted by Gasteiger charge is 2.08. The molecule has 0 aliphatic rings. The standard InChI is InChI=1S/C16H12ClNO/c17-10-16(19)18-15-9-11-5-1-2-6-12(11)13-7-3-4-8-14(13)15/h1-9H,10H2,(H,18,19). The zero-order chi connectivity index (χ0) is 13.2. The minimum Gasteiger partial charge on any atom is -0.324 e. The maximum absolute atomic E-state index is 11.5. The van der Waals surface area contributed by atoms with E-state index in [1.165, 1.54) is 5.39 Å². The van der Waals surface area contributed by atoms with Crippen LogP contribution in [0.5, 0.6) is 0 Å². The number of nitrogens with one attached hydrogen (secondary N) is 1. The van der Waals surface area contributed by atoms with E-state index in [2.05, 4.69) is 17.4 Å². The summed E-state index contributed by atoms with van der Waals surface area (Å²) in [6, 6.07) is 18.2. The van der Waals surface area contributed by atoms with Gasteiger partial charge in [0, 0.05) is 11.1 Å². The minimum absolute atomic E-state index is 0.0405. The van der Waals surface area contributed by atoms with Crippen molar-refractivity contribution in [1.82, 2.24) is 0 Å². The molecule has 94 valence electrons. The molecule has 1 amide bonds. The summed E-state index contributed by atoms with van der Waals surface area (Å²) in [5.41, 5.74) is 0.806. The van der Waals surface area contributed by atoms with E-state index in [9.17, 15) is 4.79 Å². The Morgan fingerprint density at radius 3 is 2.32 bits per heavy atom. The molecule has 3 aromatic carbocycles. The molecule has 0 unspecified atom stereocenters. The van der Waals surface area contributed by atoms with Crippen LogP contribution in [0.3, 0.4) is 0 Å². The first-order valence-electron chi connectivity index (χ1n) is 6.06. The average Bonchev–Trinajstić information content (AvgIpc) is 2.47. The SMILES string of the molecule is O=C(CCl)Nc1cc2ccccc2c2ccccc12. The van der Waals surface area contributed by atoms with Crippen LogP contribution in [0, 0.1) is 0 Å². The third-order valence-corrected chi connectivity index (χ3v) is 3.41. The Kier molecular flexibility index (Phi) is 3.10. The number of benzene rings is 3. The number of amides is 1. The fourth-order valence-electron chi connectivity index (χ4n) is 2.34. The quantitative estimate of drug-likeness (QED) is 0.549. The van der Waals surface area contributed by atoms with Crippen molar-refractivity contribution in [3.05, 3.63) is 54.6 Å². The summed E-state index contributed by atoms with van der Waals surface area (Å²) < 4.78 is 0. The molecule has 0 atom stereocenters. The van der Waals surface area contributed by atoms with E-state index in [-0.39, 0.29) is 11.8 Å². The second-order valence-corrected chi connectivity index (χ2v) is 4.64. The van der Waals surface area contributed by atoms with Crippen LogP contribution in [0.15, 0.2) is 54.6 Å². The van der Waals surface area contributed by atoms with Crippen LogP contribution in [0.25, 0.3) is 21.5 Å². The largest absolute Gasteiger partial charge is 0.324 e. The molecule has 2 nitrogen and oxygen atoms in total. The monoisotopic (exact) mass is 269 g/mol. The van der Waals surface area contributed by atoms with Crippen molar-refractivity contribution in [2.45, 2.75) is 0 Å². The molecule has 1 N–H and O–H groups in total. The van der Waals surface area contributed by atoms with Crippen molar-refractivity contribution in [3.8, 4) is 0 Å². The Morgan fingerprint density at radius 2 is 1.58 bits per heavy atom. The van der Waals surface area contributed by atoms with Gasteiger partial charge in [-0.15, -0.1) is 11.6 Å². The Bertz CT molecular complexity index is 767. The van der Waals surface area contributed by atoms with Gasteiger partial charge in [0.2, 0.25) is 5.91 Å². The van der Waals surface area contributed by atoms with Gasteiger partial charge in [0.05, 0.1) is 0 Å². The van der Waals surface area contributed by atoms with Gasteiger partial charge in [-0.3, -0.25) is 4.79 Å². The number of rotatable bonds is 2. The van der Waals surface area contributed by atoms with E-state index in [1.54, 1.807) is 0 Å². The molecule has 0 fully saturated rings. The Hall–Kier alpha value is -2.06. The molecule has 3 heteroatoms. The van der Waals surface area contributed by atoms with Gasteiger partial charge in [-0.1, -0.05) is 48.5 Å². The second-order valence-electron chi connectivity index (χ2n) is 4.37. The van der Waals surface area contributed by atoms with Crippen LogP contribution in [0.2, 0.25) is 0 Å². The van der Waals surface area contributed by atoms with E-state index in [0.29, 0.717) is 0 Å². The van der Waals surface area contributed by atoms with Crippen molar-refractivity contribution in [2.24, 2.45) is 0 Å². The Balaban J connectivity index is 2.32. The molecule has 0 radical (unpaired) electrons. The van der Waals surface area contributed by atoms with Crippen LogP contribution in [0.1, 0.15) is 0 Å². The van der Waals surface area contributed by atoms with Gasteiger partial charge in [-0.2, -0.15) is 0 Å². The predicted molar refractivity (Wildman–Crippen MR) is 80.8 cm³/mol. The smallest absolute Gasteiger partial charge is 0.239 e. The normalized spacial score (nSPS) is 10.8. The number of anilines is 1. The predicted octanol–water partition coefficient (Wildman–Crippen LogP) is 4.17. The molecule has 0 saturated carbocycles. The molecule has 0 bridgehead atoms. The lowest BCUT2D eigenvalue weighted by molar-refractivity contribution is -0.113. The fourth-order valence-corrected chi connectivity index (χ4v) is 2.41. The third kappa shape index (κ3) is 2.15. The molecule has 3 rings (SSSR count). The van der Waals surface area contributed by atoms with Gasteiger partial charge in [0.15, 0.2) is 0 Å². The summed E-state index contributed by atoms with van der Waals surface area (Å²) in [4.78, 5) is 11.5. The van der Waals surface area contributed by atoms with Gasteiger partial charge >= 0.3 is 0 Å². The third-order valence-electron chi connectivity index (χ3n) is 3.16. The summed E-state index contributed by atoms with van der Waals surface area (Å²) >= 11 is 5.56. The lowest BCUT2D eigenvalue weighted by Crippen LogP contribution is -2.12. The Morgan fingerprint density at radius 1 is 0.947 bits per heavy atom. The van der Waals surface area contributed by atoms with Crippen LogP contribution in [-0.2, 0) is 4.79 Å². The molecule has 0 aliphatic carbocycles. The molecule has 0 heterocycles. The van der Waals surface area contributed by atoms with Gasteiger partial charge < -0.3 is 5.32 Å². The van der Waals surface area contributed by atoms with Crippen molar-refractivity contribution in [2.75, 3.05) is 11.2 Å². The molecule has 0 aliphatic heterocycles. The summed E-state index contributed by atoms with van der Waals surface area (Å²) in [6.07, 6.45) is 0. The summed E-state index contributed by atoms with van der Waals surface area (Å²) in [5.74, 6) is -0.233. The zero-order valence-electron chi connectivity index (χ0n) is 10.2. The average molecular weight is 270 g/mol. The van der Waals surface area contributed by atoms with E-state index in [4.69, 9.17) is 11.6 Å².